The predicted molar refractivity (Wildman–Crippen MR) is 92.6 cm³/mol. The first-order valence-electron chi connectivity index (χ1n) is 7.93. The lowest BCUT2D eigenvalue weighted by Gasteiger charge is -2.20. The minimum absolute atomic E-state index is 0.0345. The fourth-order valence-electron chi connectivity index (χ4n) is 2.50. The molecule has 0 radical (unpaired) electrons. The molecule has 3 aromatic heterocycles. The minimum Gasteiger partial charge on any atom is -0.350 e. The van der Waals surface area contributed by atoms with Gasteiger partial charge in [-0.05, 0) is 24.0 Å². The summed E-state index contributed by atoms with van der Waals surface area (Å²) in [7, 11) is 0. The minimum atomic E-state index is 0.0345. The van der Waals surface area contributed by atoms with E-state index in [1.807, 2.05) is 28.8 Å². The van der Waals surface area contributed by atoms with E-state index in [0.717, 1.165) is 28.8 Å². The number of aromatic nitrogens is 5. The third kappa shape index (κ3) is 3.50. The Morgan fingerprint density at radius 3 is 2.74 bits per heavy atom. The van der Waals surface area contributed by atoms with Gasteiger partial charge in [-0.2, -0.15) is 4.37 Å². The molecule has 23 heavy (non-hydrogen) atoms. The molecule has 0 amide bonds. The van der Waals surface area contributed by atoms with Gasteiger partial charge in [-0.1, -0.05) is 33.8 Å². The van der Waals surface area contributed by atoms with Crippen molar-refractivity contribution in [1.82, 2.24) is 24.0 Å². The maximum atomic E-state index is 4.60. The molecular formula is C16H22N6S. The first-order chi connectivity index (χ1) is 11.0. The molecule has 0 aliphatic rings. The van der Waals surface area contributed by atoms with Gasteiger partial charge in [0, 0.05) is 24.2 Å². The molecule has 0 saturated heterocycles. The van der Waals surface area contributed by atoms with Gasteiger partial charge in [0.05, 0.1) is 6.04 Å². The van der Waals surface area contributed by atoms with Crippen LogP contribution in [0.2, 0.25) is 0 Å². The number of anilines is 1. The van der Waals surface area contributed by atoms with E-state index < -0.39 is 0 Å². The third-order valence-electron chi connectivity index (χ3n) is 3.62. The maximum absolute atomic E-state index is 4.60. The van der Waals surface area contributed by atoms with Crippen molar-refractivity contribution in [3.8, 4) is 0 Å². The number of pyridine rings is 1. The molecule has 0 saturated carbocycles. The van der Waals surface area contributed by atoms with E-state index >= 15 is 0 Å². The summed E-state index contributed by atoms with van der Waals surface area (Å²) in [6, 6.07) is 5.95. The number of nitrogens with zero attached hydrogens (tertiary/aromatic N) is 5. The molecule has 6 nitrogen and oxygen atoms in total. The average Bonchev–Trinajstić information content (AvgIpc) is 3.10. The molecule has 7 heteroatoms. The number of hydrogen-bond donors (Lipinski definition) is 1. The van der Waals surface area contributed by atoms with Crippen molar-refractivity contribution in [2.75, 3.05) is 5.32 Å². The predicted octanol–water partition coefficient (Wildman–Crippen LogP) is 3.59. The SMILES string of the molecule is CC(C)Cc1nsc(NC(c2nnc3ccccn23)C(C)C)n1. The molecule has 3 rings (SSSR count). The summed E-state index contributed by atoms with van der Waals surface area (Å²) in [6.07, 6.45) is 2.89. The molecule has 3 aromatic rings. The van der Waals surface area contributed by atoms with Crippen molar-refractivity contribution >= 4 is 22.3 Å². The van der Waals surface area contributed by atoms with E-state index in [1.165, 1.54) is 11.5 Å². The number of hydrogen-bond acceptors (Lipinski definition) is 6. The van der Waals surface area contributed by atoms with Gasteiger partial charge >= 0.3 is 0 Å². The van der Waals surface area contributed by atoms with Gasteiger partial charge in [-0.3, -0.25) is 4.40 Å². The smallest absolute Gasteiger partial charge is 0.203 e. The molecule has 0 spiro atoms. The number of fused-ring (bicyclic) bond motifs is 1. The summed E-state index contributed by atoms with van der Waals surface area (Å²) >= 11 is 1.41. The molecule has 0 fully saturated rings. The summed E-state index contributed by atoms with van der Waals surface area (Å²) in [4.78, 5) is 4.60. The molecule has 0 aromatic carbocycles. The molecule has 1 N–H and O–H groups in total. The quantitative estimate of drug-likeness (QED) is 0.748. The zero-order valence-corrected chi connectivity index (χ0v) is 14.7. The first kappa shape index (κ1) is 15.9. The second-order valence-corrected chi connectivity index (χ2v) is 7.22. The molecule has 0 bridgehead atoms. The lowest BCUT2D eigenvalue weighted by atomic mass is 10.0. The van der Waals surface area contributed by atoms with Crippen molar-refractivity contribution < 1.29 is 0 Å². The lowest BCUT2D eigenvalue weighted by Crippen LogP contribution is -2.19. The maximum Gasteiger partial charge on any atom is 0.203 e. The van der Waals surface area contributed by atoms with Gasteiger partial charge < -0.3 is 5.32 Å². The highest BCUT2D eigenvalue weighted by atomic mass is 32.1. The largest absolute Gasteiger partial charge is 0.350 e. The van der Waals surface area contributed by atoms with Gasteiger partial charge in [0.25, 0.3) is 0 Å². The van der Waals surface area contributed by atoms with Crippen LogP contribution in [-0.4, -0.2) is 24.0 Å². The van der Waals surface area contributed by atoms with Crippen LogP contribution in [0.4, 0.5) is 5.13 Å². The van der Waals surface area contributed by atoms with Crippen molar-refractivity contribution in [1.29, 1.82) is 0 Å². The molecule has 1 unspecified atom stereocenters. The summed E-state index contributed by atoms with van der Waals surface area (Å²) in [6.45, 7) is 8.68. The van der Waals surface area contributed by atoms with Crippen LogP contribution in [-0.2, 0) is 6.42 Å². The Morgan fingerprint density at radius 2 is 2.00 bits per heavy atom. The van der Waals surface area contributed by atoms with Crippen LogP contribution in [0.25, 0.3) is 5.65 Å². The van der Waals surface area contributed by atoms with E-state index in [1.54, 1.807) is 0 Å². The van der Waals surface area contributed by atoms with Crippen LogP contribution in [0.1, 0.15) is 45.4 Å². The molecular weight excluding hydrogens is 308 g/mol. The molecule has 1 atom stereocenters. The van der Waals surface area contributed by atoms with Crippen molar-refractivity contribution in [2.24, 2.45) is 11.8 Å². The van der Waals surface area contributed by atoms with Crippen LogP contribution < -0.4 is 5.32 Å². The first-order valence-corrected chi connectivity index (χ1v) is 8.70. The van der Waals surface area contributed by atoms with E-state index in [0.29, 0.717) is 11.8 Å². The monoisotopic (exact) mass is 330 g/mol. The van der Waals surface area contributed by atoms with Gasteiger partial charge in [0.1, 0.15) is 5.82 Å². The second-order valence-electron chi connectivity index (χ2n) is 6.47. The zero-order chi connectivity index (χ0) is 16.4. The number of rotatable bonds is 6. The van der Waals surface area contributed by atoms with Crippen LogP contribution in [0, 0.1) is 11.8 Å². The highest BCUT2D eigenvalue weighted by molar-refractivity contribution is 7.09. The fraction of sp³-hybridized carbons (Fsp3) is 0.500. The Kier molecular flexibility index (Phi) is 4.56. The Hall–Kier alpha value is -2.02. The zero-order valence-electron chi connectivity index (χ0n) is 13.9. The standard InChI is InChI=1S/C16H22N6S/c1-10(2)9-12-17-16(23-21-12)18-14(11(3)4)15-20-19-13-7-5-6-8-22(13)15/h5-8,10-11,14H,9H2,1-4H3,(H,17,18,21). The molecule has 0 aliphatic heterocycles. The Balaban J connectivity index is 1.86. The van der Waals surface area contributed by atoms with E-state index in [2.05, 4.69) is 52.6 Å². The highest BCUT2D eigenvalue weighted by Crippen LogP contribution is 2.27. The Labute approximate surface area is 140 Å². The number of nitrogens with one attached hydrogen (secondary N) is 1. The van der Waals surface area contributed by atoms with E-state index in [4.69, 9.17) is 0 Å². The van der Waals surface area contributed by atoms with Crippen molar-refractivity contribution in [2.45, 2.75) is 40.2 Å². The summed E-state index contributed by atoms with van der Waals surface area (Å²) in [5.41, 5.74) is 0.854. The van der Waals surface area contributed by atoms with Crippen LogP contribution >= 0.6 is 11.5 Å². The fourth-order valence-corrected chi connectivity index (χ4v) is 3.13. The van der Waals surface area contributed by atoms with Gasteiger partial charge in [0.2, 0.25) is 5.13 Å². The summed E-state index contributed by atoms with van der Waals surface area (Å²) in [5.74, 6) is 2.70. The Bertz CT molecular complexity index is 776. The van der Waals surface area contributed by atoms with Gasteiger partial charge in [-0.25, -0.2) is 4.98 Å². The van der Waals surface area contributed by atoms with E-state index in [-0.39, 0.29) is 6.04 Å². The topological polar surface area (TPSA) is 68.0 Å². The average molecular weight is 330 g/mol. The van der Waals surface area contributed by atoms with Gasteiger partial charge in [0.15, 0.2) is 11.5 Å². The second kappa shape index (κ2) is 6.62. The van der Waals surface area contributed by atoms with Crippen LogP contribution in [0.3, 0.4) is 0 Å². The van der Waals surface area contributed by atoms with Crippen molar-refractivity contribution in [3.05, 3.63) is 36.0 Å². The summed E-state index contributed by atoms with van der Waals surface area (Å²) < 4.78 is 6.46. The summed E-state index contributed by atoms with van der Waals surface area (Å²) in [5, 5.41) is 13.0. The Morgan fingerprint density at radius 1 is 1.17 bits per heavy atom. The van der Waals surface area contributed by atoms with Crippen LogP contribution in [0.5, 0.6) is 0 Å². The molecule has 0 aliphatic carbocycles. The third-order valence-corrected chi connectivity index (χ3v) is 4.31. The molecule has 3 heterocycles. The van der Waals surface area contributed by atoms with Gasteiger partial charge in [-0.15, -0.1) is 10.2 Å². The normalized spacial score (nSPS) is 13.1. The molecule has 122 valence electrons. The van der Waals surface area contributed by atoms with Crippen molar-refractivity contribution in [3.63, 3.8) is 0 Å². The van der Waals surface area contributed by atoms with Crippen LogP contribution in [0.15, 0.2) is 24.4 Å². The highest BCUT2D eigenvalue weighted by Gasteiger charge is 2.23. The lowest BCUT2D eigenvalue weighted by molar-refractivity contribution is 0.517. The van der Waals surface area contributed by atoms with E-state index in [9.17, 15) is 0 Å².